The van der Waals surface area contributed by atoms with Crippen molar-refractivity contribution in [3.8, 4) is 0 Å². The number of hydrogen-bond acceptors (Lipinski definition) is 5. The van der Waals surface area contributed by atoms with E-state index in [1.54, 1.807) is 20.0 Å². The molecule has 0 bridgehead atoms. The normalized spacial score (nSPS) is 21.0. The van der Waals surface area contributed by atoms with Crippen molar-refractivity contribution in [2.75, 3.05) is 39.8 Å². The number of piperidine rings is 1. The average molecular weight is 445 g/mol. The number of nitrogens with zero attached hydrogens (tertiary/aromatic N) is 4. The number of amidine groups is 1. The number of halogens is 1. The Morgan fingerprint density at radius 1 is 1.19 bits per heavy atom. The molecule has 0 saturated carbocycles. The molecule has 178 valence electrons. The van der Waals surface area contributed by atoms with Gasteiger partial charge in [0, 0.05) is 37.6 Å². The highest BCUT2D eigenvalue weighted by Gasteiger charge is 2.25. The molecule has 2 rings (SSSR count). The van der Waals surface area contributed by atoms with Crippen molar-refractivity contribution in [1.82, 2.24) is 15.1 Å². The van der Waals surface area contributed by atoms with Crippen LogP contribution in [0.25, 0.3) is 0 Å². The number of nitrogens with two attached hydrogens (primary N) is 1. The Morgan fingerprint density at radius 2 is 1.88 bits per heavy atom. The molecule has 32 heavy (non-hydrogen) atoms. The molecule has 2 heterocycles. The van der Waals surface area contributed by atoms with E-state index < -0.39 is 5.83 Å². The van der Waals surface area contributed by atoms with Crippen LogP contribution in [0.2, 0.25) is 0 Å². The van der Waals surface area contributed by atoms with Gasteiger partial charge in [0.05, 0.1) is 0 Å². The summed E-state index contributed by atoms with van der Waals surface area (Å²) in [7, 11) is 1.68. The van der Waals surface area contributed by atoms with Gasteiger partial charge in [0.1, 0.15) is 17.5 Å². The summed E-state index contributed by atoms with van der Waals surface area (Å²) in [4.78, 5) is 14.1. The fourth-order valence-electron chi connectivity index (χ4n) is 4.21. The Kier molecular flexibility index (Phi) is 11.4. The summed E-state index contributed by atoms with van der Waals surface area (Å²) in [5.74, 6) is 0.778. The van der Waals surface area contributed by atoms with E-state index in [1.807, 2.05) is 12.3 Å². The molecule has 0 unspecified atom stereocenters. The van der Waals surface area contributed by atoms with Crippen LogP contribution >= 0.6 is 0 Å². The first-order valence-corrected chi connectivity index (χ1v) is 11.9. The van der Waals surface area contributed by atoms with Crippen LogP contribution in [0.5, 0.6) is 0 Å². The van der Waals surface area contributed by atoms with Crippen LogP contribution in [0.4, 0.5) is 4.39 Å². The van der Waals surface area contributed by atoms with Crippen molar-refractivity contribution in [1.29, 1.82) is 0 Å². The van der Waals surface area contributed by atoms with Gasteiger partial charge in [-0.15, -0.1) is 0 Å². The molecule has 0 radical (unpaired) electrons. The molecule has 6 nitrogen and oxygen atoms in total. The van der Waals surface area contributed by atoms with Gasteiger partial charge < -0.3 is 20.9 Å². The lowest BCUT2D eigenvalue weighted by Gasteiger charge is -2.36. The predicted octanol–water partition coefficient (Wildman–Crippen LogP) is 4.15. The van der Waals surface area contributed by atoms with Gasteiger partial charge in [0.15, 0.2) is 0 Å². The van der Waals surface area contributed by atoms with Gasteiger partial charge in [0.25, 0.3) is 0 Å². The highest BCUT2D eigenvalue weighted by Crippen LogP contribution is 2.21. The third-order valence-electron chi connectivity index (χ3n) is 6.03. The fourth-order valence-corrected chi connectivity index (χ4v) is 4.21. The molecule has 7 heteroatoms. The first-order chi connectivity index (χ1) is 15.4. The molecule has 0 amide bonds. The Balaban J connectivity index is 1.82. The third kappa shape index (κ3) is 9.09. The molecular formula is C25H41FN6. The zero-order chi connectivity index (χ0) is 23.3. The van der Waals surface area contributed by atoms with Gasteiger partial charge in [-0.3, -0.25) is 4.99 Å². The second-order valence-electron chi connectivity index (χ2n) is 8.52. The largest absolute Gasteiger partial charge is 0.398 e. The summed E-state index contributed by atoms with van der Waals surface area (Å²) in [6.45, 7) is 13.0. The van der Waals surface area contributed by atoms with Gasteiger partial charge >= 0.3 is 0 Å². The van der Waals surface area contributed by atoms with Crippen molar-refractivity contribution in [3.63, 3.8) is 0 Å². The van der Waals surface area contributed by atoms with E-state index in [1.165, 1.54) is 57.9 Å². The zero-order valence-electron chi connectivity index (χ0n) is 20.1. The minimum Gasteiger partial charge on any atom is -0.398 e. The third-order valence-corrected chi connectivity index (χ3v) is 6.03. The molecular weight excluding hydrogens is 403 g/mol. The van der Waals surface area contributed by atoms with E-state index >= 15 is 0 Å². The van der Waals surface area contributed by atoms with Crippen LogP contribution < -0.4 is 11.1 Å². The monoisotopic (exact) mass is 444 g/mol. The van der Waals surface area contributed by atoms with Gasteiger partial charge in [-0.2, -0.15) is 0 Å². The molecule has 0 aromatic heterocycles. The minimum absolute atomic E-state index is 0.425. The minimum atomic E-state index is -0.529. The summed E-state index contributed by atoms with van der Waals surface area (Å²) in [5.41, 5.74) is 7.06. The van der Waals surface area contributed by atoms with Crippen LogP contribution in [-0.4, -0.2) is 67.7 Å². The van der Waals surface area contributed by atoms with Crippen molar-refractivity contribution in [2.24, 2.45) is 15.7 Å². The Morgan fingerprint density at radius 3 is 2.47 bits per heavy atom. The maximum absolute atomic E-state index is 13.0. The van der Waals surface area contributed by atoms with Gasteiger partial charge in [0.2, 0.25) is 0 Å². The van der Waals surface area contributed by atoms with Crippen molar-refractivity contribution in [2.45, 2.75) is 58.4 Å². The van der Waals surface area contributed by atoms with Crippen molar-refractivity contribution in [3.05, 3.63) is 47.7 Å². The van der Waals surface area contributed by atoms with E-state index in [9.17, 15) is 4.39 Å². The summed E-state index contributed by atoms with van der Waals surface area (Å²) in [6, 6.07) is 0.791. The van der Waals surface area contributed by atoms with Crippen molar-refractivity contribution < 1.29 is 4.39 Å². The summed E-state index contributed by atoms with van der Waals surface area (Å²) >= 11 is 0. The van der Waals surface area contributed by atoms with Crippen LogP contribution in [0.3, 0.4) is 0 Å². The lowest BCUT2D eigenvalue weighted by atomic mass is 10.0. The number of nitrogens with one attached hydrogen (secondary N) is 1. The molecule has 2 fully saturated rings. The van der Waals surface area contributed by atoms with Gasteiger partial charge in [-0.1, -0.05) is 13.5 Å². The maximum atomic E-state index is 13.0. The summed E-state index contributed by atoms with van der Waals surface area (Å²) in [6.07, 6.45) is 14.0. The molecule has 0 aromatic carbocycles. The smallest absolute Gasteiger partial charge is 0.128 e. The molecule has 0 aliphatic carbocycles. The van der Waals surface area contributed by atoms with E-state index in [0.717, 1.165) is 31.2 Å². The Labute approximate surface area is 193 Å². The lowest BCUT2D eigenvalue weighted by Crippen LogP contribution is -2.44. The first kappa shape index (κ1) is 26.0. The second-order valence-corrected chi connectivity index (χ2v) is 8.52. The zero-order valence-corrected chi connectivity index (χ0v) is 20.1. The molecule has 2 aliphatic rings. The number of hydrogen-bond donors (Lipinski definition) is 2. The number of aliphatic imine (C=N–C) groups is 2. The average Bonchev–Trinajstić information content (AvgIpc) is 3.31. The van der Waals surface area contributed by atoms with Crippen LogP contribution in [0.1, 0.15) is 52.4 Å². The van der Waals surface area contributed by atoms with E-state index in [4.69, 9.17) is 5.73 Å². The Hall–Kier alpha value is -2.25. The molecule has 0 aromatic rings. The van der Waals surface area contributed by atoms with Crippen LogP contribution in [0.15, 0.2) is 57.7 Å². The quantitative estimate of drug-likeness (QED) is 0.302. The molecule has 2 saturated heterocycles. The number of allylic oxidation sites excluding steroid dienone is 4. The van der Waals surface area contributed by atoms with E-state index in [-0.39, 0.29) is 0 Å². The SMILES string of the molecule is C=C(F)/C=C(C)/C(N)=C/C(=NC)NC(=C/CC)/N=C\CCN1CCC(N2CCCC2)CC1. The number of rotatable bonds is 10. The molecule has 0 atom stereocenters. The van der Waals surface area contributed by atoms with Gasteiger partial charge in [-0.25, -0.2) is 9.38 Å². The number of likely N-dealkylation sites (tertiary alicyclic amines) is 2. The summed E-state index contributed by atoms with van der Waals surface area (Å²) in [5, 5.41) is 3.21. The molecule has 0 spiro atoms. The maximum Gasteiger partial charge on any atom is 0.128 e. The summed E-state index contributed by atoms with van der Waals surface area (Å²) < 4.78 is 13.0. The second kappa shape index (κ2) is 14.0. The van der Waals surface area contributed by atoms with Crippen LogP contribution in [-0.2, 0) is 0 Å². The highest BCUT2D eigenvalue weighted by atomic mass is 19.1. The van der Waals surface area contributed by atoms with Crippen LogP contribution in [0, 0.1) is 0 Å². The first-order valence-electron chi connectivity index (χ1n) is 11.9. The van der Waals surface area contributed by atoms with E-state index in [2.05, 4.69) is 38.6 Å². The van der Waals surface area contributed by atoms with E-state index in [0.29, 0.717) is 17.1 Å². The fraction of sp³-hybridized carbons (Fsp3) is 0.600. The Bertz CT molecular complexity index is 750. The topological polar surface area (TPSA) is 69.2 Å². The highest BCUT2D eigenvalue weighted by molar-refractivity contribution is 5.95. The standard InChI is InChI=1S/C25H41FN6/c1-5-9-24(30-25(28-4)19-23(27)20(2)18-21(3)26)29-12-8-13-31-16-10-22(11-17-31)32-14-6-7-15-32/h9,12,18-19,22H,3,5-8,10-11,13-17,27H2,1-2,4H3,(H,28,30)/b20-18+,23-19-,24-9+,29-12-. The molecule has 3 N–H and O–H groups in total. The van der Waals surface area contributed by atoms with Gasteiger partial charge in [-0.05, 0) is 89.4 Å². The van der Waals surface area contributed by atoms with Crippen molar-refractivity contribution >= 4 is 12.1 Å². The lowest BCUT2D eigenvalue weighted by molar-refractivity contribution is 0.129. The molecule has 2 aliphatic heterocycles. The predicted molar refractivity (Wildman–Crippen MR) is 135 cm³/mol.